The fourth-order valence-electron chi connectivity index (χ4n) is 1.29. The van der Waals surface area contributed by atoms with Crippen LogP contribution in [0.15, 0.2) is 18.2 Å². The maximum Gasteiger partial charge on any atom is 0.164 e. The van der Waals surface area contributed by atoms with Gasteiger partial charge in [0.25, 0.3) is 0 Å². The Morgan fingerprint density at radius 3 is 2.35 bits per heavy atom. The van der Waals surface area contributed by atoms with Crippen LogP contribution in [0.3, 0.4) is 0 Å². The summed E-state index contributed by atoms with van der Waals surface area (Å²) >= 11 is 11.7. The maximum absolute atomic E-state index is 12.0. The number of nitrogens with two attached hydrogens (primary N) is 1. The van der Waals surface area contributed by atoms with E-state index in [2.05, 4.69) is 0 Å². The summed E-state index contributed by atoms with van der Waals surface area (Å²) in [6.07, 6.45) is 0.307. The highest BCUT2D eigenvalue weighted by molar-refractivity contribution is 6.42. The lowest BCUT2D eigenvalue weighted by molar-refractivity contribution is 0.0953. The molecule has 0 aliphatic rings. The zero-order valence-corrected chi connectivity index (χ0v) is 11.8. The van der Waals surface area contributed by atoms with E-state index >= 15 is 0 Å². The third kappa shape index (κ3) is 3.98. The highest BCUT2D eigenvalue weighted by atomic mass is 35.5. The summed E-state index contributed by atoms with van der Waals surface area (Å²) in [5.41, 5.74) is 6.44. The van der Waals surface area contributed by atoms with Crippen molar-refractivity contribution in [3.8, 4) is 0 Å². The molecule has 17 heavy (non-hydrogen) atoms. The summed E-state index contributed by atoms with van der Waals surface area (Å²) in [5.74, 6) is -0.00834. The Morgan fingerprint density at radius 2 is 1.88 bits per heavy atom. The first-order chi connectivity index (χ1) is 7.71. The van der Waals surface area contributed by atoms with Gasteiger partial charge in [-0.3, -0.25) is 4.79 Å². The average Bonchev–Trinajstić information content (AvgIpc) is 2.20. The first kappa shape index (κ1) is 14.5. The lowest BCUT2D eigenvalue weighted by Crippen LogP contribution is -2.36. The number of Topliss-reactive ketones (excluding diaryl/α,β-unsaturated/α-hetero) is 1. The molecular weight excluding hydrogens is 257 g/mol. The largest absolute Gasteiger partial charge is 0.327 e. The predicted molar refractivity (Wildman–Crippen MR) is 72.8 cm³/mol. The molecule has 0 radical (unpaired) electrons. The smallest absolute Gasteiger partial charge is 0.164 e. The summed E-state index contributed by atoms with van der Waals surface area (Å²) in [7, 11) is 0. The molecule has 0 saturated heterocycles. The van der Waals surface area contributed by atoms with E-state index in [-0.39, 0.29) is 17.2 Å². The SMILES string of the molecule is CC(C)(C)C(N)CC(=O)c1ccc(Cl)c(Cl)c1. The van der Waals surface area contributed by atoms with Gasteiger partial charge in [-0.1, -0.05) is 44.0 Å². The third-order valence-corrected chi connectivity index (χ3v) is 3.50. The normalized spacial score (nSPS) is 13.5. The minimum absolute atomic E-state index is 0.00834. The summed E-state index contributed by atoms with van der Waals surface area (Å²) in [4.78, 5) is 12.0. The number of benzene rings is 1. The molecule has 0 amide bonds. The highest BCUT2D eigenvalue weighted by Crippen LogP contribution is 2.25. The molecule has 0 bridgehead atoms. The maximum atomic E-state index is 12.0. The van der Waals surface area contributed by atoms with E-state index in [1.54, 1.807) is 18.2 Å². The van der Waals surface area contributed by atoms with Crippen molar-refractivity contribution in [2.24, 2.45) is 11.1 Å². The van der Waals surface area contributed by atoms with Gasteiger partial charge in [-0.15, -0.1) is 0 Å². The number of hydrogen-bond acceptors (Lipinski definition) is 2. The third-order valence-electron chi connectivity index (χ3n) is 2.76. The summed E-state index contributed by atoms with van der Waals surface area (Å²) < 4.78 is 0. The van der Waals surface area contributed by atoms with Crippen LogP contribution >= 0.6 is 23.2 Å². The summed E-state index contributed by atoms with van der Waals surface area (Å²) in [6.45, 7) is 6.04. The predicted octanol–water partition coefficient (Wildman–Crippen LogP) is 3.94. The number of rotatable bonds is 3. The van der Waals surface area contributed by atoms with Crippen molar-refractivity contribution in [1.82, 2.24) is 0 Å². The number of carbonyl (C=O) groups excluding carboxylic acids is 1. The van der Waals surface area contributed by atoms with Crippen molar-refractivity contribution in [2.45, 2.75) is 33.2 Å². The molecule has 0 fully saturated rings. The first-order valence-corrected chi connectivity index (χ1v) is 6.21. The van der Waals surface area contributed by atoms with Crippen LogP contribution in [-0.2, 0) is 0 Å². The van der Waals surface area contributed by atoms with E-state index in [4.69, 9.17) is 28.9 Å². The van der Waals surface area contributed by atoms with E-state index in [1.165, 1.54) is 0 Å². The van der Waals surface area contributed by atoms with Crippen LogP contribution in [0.4, 0.5) is 0 Å². The van der Waals surface area contributed by atoms with Crippen molar-refractivity contribution in [3.05, 3.63) is 33.8 Å². The fourth-order valence-corrected chi connectivity index (χ4v) is 1.59. The molecule has 2 N–H and O–H groups in total. The van der Waals surface area contributed by atoms with Crippen molar-refractivity contribution < 1.29 is 4.79 Å². The van der Waals surface area contributed by atoms with Gasteiger partial charge in [0.15, 0.2) is 5.78 Å². The Morgan fingerprint density at radius 1 is 1.29 bits per heavy atom. The molecule has 2 nitrogen and oxygen atoms in total. The molecule has 0 aliphatic heterocycles. The molecule has 1 atom stereocenters. The van der Waals surface area contributed by atoms with Gasteiger partial charge in [0.05, 0.1) is 10.0 Å². The van der Waals surface area contributed by atoms with Gasteiger partial charge in [0, 0.05) is 18.0 Å². The molecule has 0 aliphatic carbocycles. The molecule has 4 heteroatoms. The van der Waals surface area contributed by atoms with Gasteiger partial charge in [0.1, 0.15) is 0 Å². The first-order valence-electron chi connectivity index (χ1n) is 5.45. The minimum Gasteiger partial charge on any atom is -0.327 e. The molecule has 1 aromatic rings. The standard InChI is InChI=1S/C13H17Cl2NO/c1-13(2,3)12(16)7-11(17)8-4-5-9(14)10(15)6-8/h4-6,12H,7,16H2,1-3H3. The number of hydrogen-bond donors (Lipinski definition) is 1. The molecular formula is C13H17Cl2NO. The van der Waals surface area contributed by atoms with Crippen LogP contribution in [0.25, 0.3) is 0 Å². The topological polar surface area (TPSA) is 43.1 Å². The lowest BCUT2D eigenvalue weighted by Gasteiger charge is -2.26. The van der Waals surface area contributed by atoms with E-state index in [0.29, 0.717) is 22.0 Å². The lowest BCUT2D eigenvalue weighted by atomic mass is 9.84. The summed E-state index contributed by atoms with van der Waals surface area (Å²) in [6, 6.07) is 4.71. The van der Waals surface area contributed by atoms with E-state index < -0.39 is 0 Å². The minimum atomic E-state index is -0.176. The zero-order valence-electron chi connectivity index (χ0n) is 10.3. The van der Waals surface area contributed by atoms with Gasteiger partial charge in [0.2, 0.25) is 0 Å². The molecule has 0 saturated carbocycles. The van der Waals surface area contributed by atoms with Crippen LogP contribution in [0.1, 0.15) is 37.6 Å². The molecule has 0 heterocycles. The molecule has 0 spiro atoms. The van der Waals surface area contributed by atoms with Crippen LogP contribution in [0.5, 0.6) is 0 Å². The molecule has 94 valence electrons. The Labute approximate surface area is 112 Å². The monoisotopic (exact) mass is 273 g/mol. The second-order valence-electron chi connectivity index (χ2n) is 5.23. The van der Waals surface area contributed by atoms with E-state index in [9.17, 15) is 4.79 Å². The van der Waals surface area contributed by atoms with Crippen molar-refractivity contribution >= 4 is 29.0 Å². The number of carbonyl (C=O) groups is 1. The van der Waals surface area contributed by atoms with Crippen LogP contribution in [0, 0.1) is 5.41 Å². The second-order valence-corrected chi connectivity index (χ2v) is 6.04. The van der Waals surface area contributed by atoms with Crippen molar-refractivity contribution in [2.75, 3.05) is 0 Å². The van der Waals surface area contributed by atoms with Gasteiger partial charge >= 0.3 is 0 Å². The number of ketones is 1. The van der Waals surface area contributed by atoms with Gasteiger partial charge in [-0.2, -0.15) is 0 Å². The fraction of sp³-hybridized carbons (Fsp3) is 0.462. The van der Waals surface area contributed by atoms with Crippen LogP contribution in [0.2, 0.25) is 10.0 Å². The van der Waals surface area contributed by atoms with Gasteiger partial charge in [-0.05, 0) is 23.6 Å². The Hall–Kier alpha value is -0.570. The average molecular weight is 274 g/mol. The number of halogens is 2. The van der Waals surface area contributed by atoms with Gasteiger partial charge in [-0.25, -0.2) is 0 Å². The van der Waals surface area contributed by atoms with Gasteiger partial charge < -0.3 is 5.73 Å². The zero-order chi connectivity index (χ0) is 13.2. The Kier molecular flexibility index (Phi) is 4.59. The van der Waals surface area contributed by atoms with Crippen molar-refractivity contribution in [3.63, 3.8) is 0 Å². The molecule has 0 aromatic heterocycles. The van der Waals surface area contributed by atoms with E-state index in [1.807, 2.05) is 20.8 Å². The second kappa shape index (κ2) is 5.38. The molecule has 1 rings (SSSR count). The Bertz CT molecular complexity index is 424. The van der Waals surface area contributed by atoms with E-state index in [0.717, 1.165) is 0 Å². The quantitative estimate of drug-likeness (QED) is 0.848. The summed E-state index contributed by atoms with van der Waals surface area (Å²) in [5, 5.41) is 0.838. The highest BCUT2D eigenvalue weighted by Gasteiger charge is 2.23. The van der Waals surface area contributed by atoms with Crippen LogP contribution < -0.4 is 5.73 Å². The molecule has 1 aromatic carbocycles. The van der Waals surface area contributed by atoms with Crippen LogP contribution in [-0.4, -0.2) is 11.8 Å². The Balaban J connectivity index is 2.80. The van der Waals surface area contributed by atoms with Crippen molar-refractivity contribution in [1.29, 1.82) is 0 Å². The molecule has 1 unspecified atom stereocenters.